The summed E-state index contributed by atoms with van der Waals surface area (Å²) in [5, 5.41) is 0.446. The third-order valence-electron chi connectivity index (χ3n) is 5.92. The van der Waals surface area contributed by atoms with Crippen LogP contribution in [0.1, 0.15) is 35.5 Å². The van der Waals surface area contributed by atoms with Crippen molar-refractivity contribution in [2.75, 3.05) is 13.1 Å². The lowest BCUT2D eigenvalue weighted by molar-refractivity contribution is -0.0588. The van der Waals surface area contributed by atoms with Gasteiger partial charge in [0.25, 0.3) is 11.5 Å². The smallest absolute Gasteiger partial charge is 0.270 e. The second-order valence-electron chi connectivity index (χ2n) is 8.66. The maximum atomic E-state index is 13.6. The van der Waals surface area contributed by atoms with Gasteiger partial charge in [-0.1, -0.05) is 36.4 Å². The van der Waals surface area contributed by atoms with Gasteiger partial charge in [0, 0.05) is 25.8 Å². The van der Waals surface area contributed by atoms with E-state index in [9.17, 15) is 9.59 Å². The van der Waals surface area contributed by atoms with E-state index in [0.29, 0.717) is 42.0 Å². The first-order valence-electron chi connectivity index (χ1n) is 10.9. The summed E-state index contributed by atoms with van der Waals surface area (Å²) >= 11 is 0. The zero-order valence-electron chi connectivity index (χ0n) is 18.5. The highest BCUT2D eigenvalue weighted by Gasteiger charge is 2.29. The third kappa shape index (κ3) is 3.58. The second kappa shape index (κ2) is 7.91. The van der Waals surface area contributed by atoms with Gasteiger partial charge in [0.1, 0.15) is 17.0 Å². The van der Waals surface area contributed by atoms with Crippen LogP contribution in [0.5, 0.6) is 0 Å². The molecular formula is C25H26N4O3. The van der Waals surface area contributed by atoms with Gasteiger partial charge in [-0.2, -0.15) is 0 Å². The molecule has 7 heteroatoms. The zero-order chi connectivity index (χ0) is 22.4. The molecule has 1 aliphatic rings. The average molecular weight is 431 g/mol. The first-order chi connectivity index (χ1) is 15.4. The molecule has 0 N–H and O–H groups in total. The van der Waals surface area contributed by atoms with Crippen LogP contribution >= 0.6 is 0 Å². The molecule has 1 fully saturated rings. The molecule has 4 aromatic rings. The predicted octanol–water partition coefficient (Wildman–Crippen LogP) is 3.26. The van der Waals surface area contributed by atoms with Crippen LogP contribution in [0, 0.1) is 6.92 Å². The Kier molecular flexibility index (Phi) is 5.06. The van der Waals surface area contributed by atoms with E-state index in [1.807, 2.05) is 72.7 Å². The maximum Gasteiger partial charge on any atom is 0.270 e. The molecule has 0 saturated carbocycles. The van der Waals surface area contributed by atoms with E-state index in [4.69, 9.17) is 9.72 Å². The van der Waals surface area contributed by atoms with E-state index < -0.39 is 0 Å². The highest BCUT2D eigenvalue weighted by molar-refractivity contribution is 5.98. The van der Waals surface area contributed by atoms with Crippen molar-refractivity contribution in [2.45, 2.75) is 39.5 Å². The molecule has 7 nitrogen and oxygen atoms in total. The Morgan fingerprint density at radius 2 is 1.81 bits per heavy atom. The Balaban J connectivity index is 1.70. The molecule has 5 rings (SSSR count). The van der Waals surface area contributed by atoms with Crippen LogP contribution in [0.4, 0.5) is 0 Å². The van der Waals surface area contributed by atoms with Crippen molar-refractivity contribution < 1.29 is 9.53 Å². The Morgan fingerprint density at radius 1 is 1.09 bits per heavy atom. The van der Waals surface area contributed by atoms with Crippen LogP contribution in [0.25, 0.3) is 16.7 Å². The predicted molar refractivity (Wildman–Crippen MR) is 123 cm³/mol. The highest BCUT2D eigenvalue weighted by atomic mass is 16.5. The molecule has 4 heterocycles. The van der Waals surface area contributed by atoms with Gasteiger partial charge in [0.2, 0.25) is 0 Å². The number of carbonyl (C=O) groups excluding carboxylic acids is 1. The number of aryl methyl sites for hydroxylation is 1. The van der Waals surface area contributed by atoms with E-state index in [0.717, 1.165) is 11.1 Å². The fourth-order valence-corrected chi connectivity index (χ4v) is 4.52. The van der Waals surface area contributed by atoms with E-state index in [2.05, 4.69) is 0 Å². The van der Waals surface area contributed by atoms with Crippen LogP contribution in [0.3, 0.4) is 0 Å². The van der Waals surface area contributed by atoms with Crippen LogP contribution in [0.15, 0.2) is 59.5 Å². The Bertz CT molecular complexity index is 1360. The van der Waals surface area contributed by atoms with Gasteiger partial charge < -0.3 is 14.2 Å². The molecule has 1 amide bonds. The number of aromatic nitrogens is 3. The summed E-state index contributed by atoms with van der Waals surface area (Å²) in [7, 11) is 0. The van der Waals surface area contributed by atoms with Crippen LogP contribution in [-0.4, -0.2) is 50.1 Å². The van der Waals surface area contributed by atoms with E-state index in [1.54, 1.807) is 16.7 Å². The standard InChI is InChI=1S/C25H26N4O3/c1-16-9-10-22-26-23-20(24(30)29(22)12-16)11-21(28(23)15-19-7-5-4-6-8-19)25(31)27-13-17(2)32-18(3)14-27/h4-12,17-18H,13-15H2,1-3H3/t17-,18+. The highest BCUT2D eigenvalue weighted by Crippen LogP contribution is 2.22. The number of fused-ring (bicyclic) bond motifs is 2. The maximum absolute atomic E-state index is 13.6. The van der Waals surface area contributed by atoms with Crippen LogP contribution < -0.4 is 5.56 Å². The molecule has 32 heavy (non-hydrogen) atoms. The number of ether oxygens (including phenoxy) is 1. The summed E-state index contributed by atoms with van der Waals surface area (Å²) in [4.78, 5) is 33.6. The molecule has 0 radical (unpaired) electrons. The molecule has 0 unspecified atom stereocenters. The van der Waals surface area contributed by atoms with E-state index in [1.165, 1.54) is 0 Å². The zero-order valence-corrected chi connectivity index (χ0v) is 18.5. The van der Waals surface area contributed by atoms with Crippen molar-refractivity contribution in [3.63, 3.8) is 0 Å². The van der Waals surface area contributed by atoms with Gasteiger partial charge in [-0.25, -0.2) is 4.98 Å². The van der Waals surface area contributed by atoms with Gasteiger partial charge in [0.05, 0.1) is 17.6 Å². The molecule has 1 aromatic carbocycles. The first-order valence-corrected chi connectivity index (χ1v) is 10.9. The van der Waals surface area contributed by atoms with Crippen molar-refractivity contribution in [3.05, 3.63) is 81.9 Å². The van der Waals surface area contributed by atoms with Crippen molar-refractivity contribution in [1.29, 1.82) is 0 Å². The number of morpholine rings is 1. The van der Waals surface area contributed by atoms with Crippen LogP contribution in [-0.2, 0) is 11.3 Å². The van der Waals surface area contributed by atoms with Gasteiger partial charge in [-0.15, -0.1) is 0 Å². The van der Waals surface area contributed by atoms with Gasteiger partial charge in [-0.3, -0.25) is 14.0 Å². The number of rotatable bonds is 3. The molecule has 0 spiro atoms. The van der Waals surface area contributed by atoms with Gasteiger partial charge in [0.15, 0.2) is 0 Å². The number of benzene rings is 1. The van der Waals surface area contributed by atoms with Gasteiger partial charge in [-0.05, 0) is 44.0 Å². The minimum Gasteiger partial charge on any atom is -0.372 e. The number of hydrogen-bond donors (Lipinski definition) is 0. The molecule has 0 aliphatic carbocycles. The average Bonchev–Trinajstić information content (AvgIpc) is 3.12. The van der Waals surface area contributed by atoms with Crippen molar-refractivity contribution >= 4 is 22.6 Å². The fourth-order valence-electron chi connectivity index (χ4n) is 4.52. The van der Waals surface area contributed by atoms with Crippen molar-refractivity contribution in [3.8, 4) is 0 Å². The Labute approximate surface area is 185 Å². The van der Waals surface area contributed by atoms with Gasteiger partial charge >= 0.3 is 0 Å². The molecule has 1 aliphatic heterocycles. The number of amides is 1. The van der Waals surface area contributed by atoms with Crippen molar-refractivity contribution in [1.82, 2.24) is 18.9 Å². The summed E-state index contributed by atoms with van der Waals surface area (Å²) < 4.78 is 9.23. The third-order valence-corrected chi connectivity index (χ3v) is 5.92. The SMILES string of the molecule is Cc1ccc2nc3c(cc(C(=O)N4C[C@@H](C)O[C@@H](C)C4)n3Cc3ccccc3)c(=O)n2c1. The van der Waals surface area contributed by atoms with Crippen molar-refractivity contribution in [2.24, 2.45) is 0 Å². The second-order valence-corrected chi connectivity index (χ2v) is 8.66. The lowest BCUT2D eigenvalue weighted by Crippen LogP contribution is -2.48. The summed E-state index contributed by atoms with van der Waals surface area (Å²) in [6, 6.07) is 15.4. The normalized spacial score (nSPS) is 19.0. The monoisotopic (exact) mass is 430 g/mol. The topological polar surface area (TPSA) is 68.8 Å². The minimum absolute atomic E-state index is 0.0380. The molecular weight excluding hydrogens is 404 g/mol. The van der Waals surface area contributed by atoms with E-state index >= 15 is 0 Å². The number of nitrogens with zero attached hydrogens (tertiary/aromatic N) is 4. The molecule has 2 atom stereocenters. The summed E-state index contributed by atoms with van der Waals surface area (Å²) in [5.41, 5.74) is 3.40. The minimum atomic E-state index is -0.168. The Morgan fingerprint density at radius 3 is 2.53 bits per heavy atom. The fraction of sp³-hybridized carbons (Fsp3) is 0.320. The van der Waals surface area contributed by atoms with E-state index in [-0.39, 0.29) is 23.7 Å². The summed E-state index contributed by atoms with van der Waals surface area (Å²) in [5.74, 6) is -0.106. The molecule has 1 saturated heterocycles. The summed E-state index contributed by atoms with van der Waals surface area (Å²) in [6.45, 7) is 7.37. The number of pyridine rings is 1. The molecule has 164 valence electrons. The largest absolute Gasteiger partial charge is 0.372 e. The lowest BCUT2D eigenvalue weighted by Gasteiger charge is -2.35. The molecule has 0 bridgehead atoms. The summed E-state index contributed by atoms with van der Waals surface area (Å²) in [6.07, 6.45) is 1.71. The lowest BCUT2D eigenvalue weighted by atomic mass is 10.2. The number of carbonyl (C=O) groups is 1. The quantitative estimate of drug-likeness (QED) is 0.500. The Hall–Kier alpha value is -3.45. The van der Waals surface area contributed by atoms with Crippen LogP contribution in [0.2, 0.25) is 0 Å². The first kappa shape index (κ1) is 20.5. The number of hydrogen-bond acceptors (Lipinski definition) is 4. The molecule has 3 aromatic heterocycles.